The fraction of sp³-hybridized carbons (Fsp3) is 0.500. The molecule has 1 aliphatic rings. The van der Waals surface area contributed by atoms with Crippen molar-refractivity contribution in [2.45, 2.75) is 32.2 Å². The number of carbonyl (C=O) groups is 2. The molecule has 0 unspecified atom stereocenters. The predicted molar refractivity (Wildman–Crippen MR) is 90.1 cm³/mol. The topological polar surface area (TPSA) is 105 Å². The van der Waals surface area contributed by atoms with E-state index < -0.39 is 5.97 Å². The number of nitrogens with zero attached hydrogens (tertiary/aromatic N) is 4. The number of hydrogen-bond acceptors (Lipinski definition) is 5. The molecule has 9 nitrogen and oxygen atoms in total. The van der Waals surface area contributed by atoms with Gasteiger partial charge in [-0.25, -0.2) is 14.6 Å². The van der Waals surface area contributed by atoms with Gasteiger partial charge < -0.3 is 19.5 Å². The SMILES string of the molecule is CCOC(=O)c1cc(NC(=O)N2CCCC[C@@H]2c2ncn[nH]2)cn1C. The number of hydrogen-bond donors (Lipinski definition) is 2. The van der Waals surface area contributed by atoms with Crippen LogP contribution in [0, 0.1) is 0 Å². The Kier molecular flexibility index (Phi) is 5.01. The number of carbonyl (C=O) groups excluding carboxylic acids is 2. The first-order chi connectivity index (χ1) is 12.1. The van der Waals surface area contributed by atoms with Crippen LogP contribution in [-0.2, 0) is 11.8 Å². The summed E-state index contributed by atoms with van der Waals surface area (Å²) in [6.07, 6.45) is 5.96. The van der Waals surface area contributed by atoms with E-state index in [1.54, 1.807) is 35.7 Å². The van der Waals surface area contributed by atoms with E-state index >= 15 is 0 Å². The van der Waals surface area contributed by atoms with Crippen LogP contribution in [0.25, 0.3) is 0 Å². The minimum absolute atomic E-state index is 0.121. The Labute approximate surface area is 145 Å². The molecular weight excluding hydrogens is 324 g/mol. The van der Waals surface area contributed by atoms with Gasteiger partial charge >= 0.3 is 12.0 Å². The molecule has 0 saturated carbocycles. The molecule has 9 heteroatoms. The van der Waals surface area contributed by atoms with E-state index in [2.05, 4.69) is 20.5 Å². The largest absolute Gasteiger partial charge is 0.461 e. The second-order valence-electron chi connectivity index (χ2n) is 5.95. The van der Waals surface area contributed by atoms with E-state index in [1.165, 1.54) is 6.33 Å². The van der Waals surface area contributed by atoms with Gasteiger partial charge in [-0.05, 0) is 32.3 Å². The van der Waals surface area contributed by atoms with Crippen molar-refractivity contribution in [1.29, 1.82) is 0 Å². The average Bonchev–Trinajstić information content (AvgIpc) is 3.25. The van der Waals surface area contributed by atoms with Crippen LogP contribution < -0.4 is 5.32 Å². The van der Waals surface area contributed by atoms with E-state index in [-0.39, 0.29) is 12.1 Å². The van der Waals surface area contributed by atoms with Gasteiger partial charge in [0.25, 0.3) is 0 Å². The lowest BCUT2D eigenvalue weighted by atomic mass is 10.0. The number of H-pyrrole nitrogens is 1. The highest BCUT2D eigenvalue weighted by atomic mass is 16.5. The van der Waals surface area contributed by atoms with Crippen molar-refractivity contribution in [3.8, 4) is 0 Å². The third-order valence-corrected chi connectivity index (χ3v) is 4.25. The van der Waals surface area contributed by atoms with Crippen molar-refractivity contribution in [3.05, 3.63) is 30.1 Å². The molecule has 2 aromatic rings. The zero-order chi connectivity index (χ0) is 17.8. The van der Waals surface area contributed by atoms with E-state index in [1.807, 2.05) is 0 Å². The van der Waals surface area contributed by atoms with E-state index in [0.717, 1.165) is 19.3 Å². The number of aromatic amines is 1. The molecule has 134 valence electrons. The van der Waals surface area contributed by atoms with Crippen molar-refractivity contribution in [2.75, 3.05) is 18.5 Å². The summed E-state index contributed by atoms with van der Waals surface area (Å²) in [5.74, 6) is 0.276. The number of amides is 2. The number of anilines is 1. The number of piperidine rings is 1. The summed E-state index contributed by atoms with van der Waals surface area (Å²) in [5.41, 5.74) is 0.944. The molecule has 3 heterocycles. The van der Waals surface area contributed by atoms with Crippen LogP contribution in [-0.4, -0.2) is 49.8 Å². The first-order valence-electron chi connectivity index (χ1n) is 8.36. The standard InChI is InChI=1S/C16H22N6O3/c1-3-25-15(23)13-8-11(9-21(13)2)19-16(24)22-7-5-4-6-12(22)14-17-10-18-20-14/h8-10,12H,3-7H2,1-2H3,(H,19,24)(H,17,18,20)/t12-/m1/s1. The molecule has 1 aliphatic heterocycles. The smallest absolute Gasteiger partial charge is 0.355 e. The Balaban J connectivity index is 1.73. The molecule has 1 saturated heterocycles. The Morgan fingerprint density at radius 1 is 1.44 bits per heavy atom. The Morgan fingerprint density at radius 3 is 3.00 bits per heavy atom. The van der Waals surface area contributed by atoms with Crippen LogP contribution in [0.5, 0.6) is 0 Å². The monoisotopic (exact) mass is 346 g/mol. The highest BCUT2D eigenvalue weighted by Crippen LogP contribution is 2.29. The van der Waals surface area contributed by atoms with E-state index in [0.29, 0.717) is 30.4 Å². The van der Waals surface area contributed by atoms with Crippen LogP contribution in [0.4, 0.5) is 10.5 Å². The van der Waals surface area contributed by atoms with Crippen LogP contribution >= 0.6 is 0 Å². The number of urea groups is 1. The van der Waals surface area contributed by atoms with Gasteiger partial charge in [-0.1, -0.05) is 0 Å². The Hall–Kier alpha value is -2.84. The average molecular weight is 346 g/mol. The number of rotatable bonds is 4. The second-order valence-corrected chi connectivity index (χ2v) is 5.95. The number of aromatic nitrogens is 4. The number of likely N-dealkylation sites (tertiary alicyclic amines) is 1. The Bertz CT molecular complexity index is 739. The summed E-state index contributed by atoms with van der Waals surface area (Å²) in [6, 6.07) is 1.27. The molecule has 0 bridgehead atoms. The van der Waals surface area contributed by atoms with Crippen molar-refractivity contribution in [2.24, 2.45) is 7.05 Å². The molecule has 25 heavy (non-hydrogen) atoms. The second kappa shape index (κ2) is 7.37. The molecule has 0 aliphatic carbocycles. The van der Waals surface area contributed by atoms with Gasteiger partial charge in [0.15, 0.2) is 0 Å². The minimum atomic E-state index is -0.414. The summed E-state index contributed by atoms with van der Waals surface area (Å²) in [7, 11) is 1.74. The van der Waals surface area contributed by atoms with Crippen LogP contribution in [0.3, 0.4) is 0 Å². The maximum Gasteiger partial charge on any atom is 0.355 e. The van der Waals surface area contributed by atoms with Crippen LogP contribution in [0.2, 0.25) is 0 Å². The number of esters is 1. The number of ether oxygens (including phenoxy) is 1. The summed E-state index contributed by atoms with van der Waals surface area (Å²) in [5, 5.41) is 9.59. The van der Waals surface area contributed by atoms with Crippen molar-refractivity contribution < 1.29 is 14.3 Å². The van der Waals surface area contributed by atoms with Gasteiger partial charge in [0.1, 0.15) is 17.8 Å². The maximum atomic E-state index is 12.7. The van der Waals surface area contributed by atoms with Crippen molar-refractivity contribution in [3.63, 3.8) is 0 Å². The zero-order valence-electron chi connectivity index (χ0n) is 14.4. The molecule has 3 rings (SSSR count). The molecule has 2 amide bonds. The normalized spacial score (nSPS) is 17.4. The lowest BCUT2D eigenvalue weighted by Gasteiger charge is -2.34. The summed E-state index contributed by atoms with van der Waals surface area (Å²) >= 11 is 0. The van der Waals surface area contributed by atoms with Gasteiger partial charge in [0.05, 0.1) is 18.3 Å². The van der Waals surface area contributed by atoms with Crippen LogP contribution in [0.1, 0.15) is 48.5 Å². The molecule has 0 aromatic carbocycles. The highest BCUT2D eigenvalue weighted by molar-refractivity contribution is 5.93. The van der Waals surface area contributed by atoms with Gasteiger partial charge in [-0.2, -0.15) is 5.10 Å². The van der Waals surface area contributed by atoms with Gasteiger partial charge in [-0.15, -0.1) is 0 Å². The molecule has 2 aromatic heterocycles. The lowest BCUT2D eigenvalue weighted by Crippen LogP contribution is -2.41. The number of nitrogens with one attached hydrogen (secondary N) is 2. The van der Waals surface area contributed by atoms with Crippen LogP contribution in [0.15, 0.2) is 18.6 Å². The third kappa shape index (κ3) is 3.65. The minimum Gasteiger partial charge on any atom is -0.461 e. The van der Waals surface area contributed by atoms with E-state index in [4.69, 9.17) is 4.74 Å². The first kappa shape index (κ1) is 17.0. The highest BCUT2D eigenvalue weighted by Gasteiger charge is 2.30. The Morgan fingerprint density at radius 2 is 2.28 bits per heavy atom. The number of aryl methyl sites for hydroxylation is 1. The summed E-state index contributed by atoms with van der Waals surface area (Å²) in [6.45, 7) is 2.70. The van der Waals surface area contributed by atoms with Crippen molar-refractivity contribution in [1.82, 2.24) is 24.6 Å². The third-order valence-electron chi connectivity index (χ3n) is 4.25. The predicted octanol–water partition coefficient (Wildman–Crippen LogP) is 2.08. The lowest BCUT2D eigenvalue weighted by molar-refractivity contribution is 0.0515. The van der Waals surface area contributed by atoms with Crippen molar-refractivity contribution >= 4 is 17.7 Å². The quantitative estimate of drug-likeness (QED) is 0.825. The molecule has 1 fully saturated rings. The van der Waals surface area contributed by atoms with Gasteiger partial charge in [0, 0.05) is 19.8 Å². The fourth-order valence-electron chi connectivity index (χ4n) is 3.07. The maximum absolute atomic E-state index is 12.7. The molecule has 0 radical (unpaired) electrons. The van der Waals surface area contributed by atoms with Gasteiger partial charge in [0.2, 0.25) is 0 Å². The first-order valence-corrected chi connectivity index (χ1v) is 8.36. The van der Waals surface area contributed by atoms with E-state index in [9.17, 15) is 9.59 Å². The summed E-state index contributed by atoms with van der Waals surface area (Å²) < 4.78 is 6.64. The summed E-state index contributed by atoms with van der Waals surface area (Å²) in [4.78, 5) is 30.5. The molecular formula is C16H22N6O3. The molecule has 2 N–H and O–H groups in total. The van der Waals surface area contributed by atoms with Gasteiger partial charge in [-0.3, -0.25) is 5.10 Å². The molecule has 1 atom stereocenters. The fourth-order valence-corrected chi connectivity index (χ4v) is 3.07. The molecule has 0 spiro atoms. The zero-order valence-corrected chi connectivity index (χ0v) is 14.4.